The third kappa shape index (κ3) is 3.65. The van der Waals surface area contributed by atoms with Gasteiger partial charge >= 0.3 is 0 Å². The Morgan fingerprint density at radius 2 is 1.85 bits per heavy atom. The largest absolute Gasteiger partial charge is 0.493 e. The van der Waals surface area contributed by atoms with Crippen molar-refractivity contribution in [3.63, 3.8) is 0 Å². The lowest BCUT2D eigenvalue weighted by molar-refractivity contribution is 0.0955. The van der Waals surface area contributed by atoms with Crippen molar-refractivity contribution in [2.75, 3.05) is 20.8 Å². The standard InChI is InChI=1S/C21H25BN2O3/c1-12-6-5-7-15-14(13(2)24-20(12)15)8-9-23-21(25)16-10-18(26-3)19(27-4)11-17(16)22/h5-7,10-11,24H,8-9,22H2,1-4H3,(H,23,25). The Morgan fingerprint density at radius 1 is 1.15 bits per heavy atom. The van der Waals surface area contributed by atoms with Gasteiger partial charge in [-0.25, -0.2) is 0 Å². The molecule has 0 saturated heterocycles. The number of nitrogens with one attached hydrogen (secondary N) is 2. The van der Waals surface area contributed by atoms with Gasteiger partial charge in [0.2, 0.25) is 0 Å². The fraction of sp³-hybridized carbons (Fsp3) is 0.286. The van der Waals surface area contributed by atoms with E-state index in [9.17, 15) is 4.79 Å². The van der Waals surface area contributed by atoms with Crippen molar-refractivity contribution in [2.24, 2.45) is 0 Å². The van der Waals surface area contributed by atoms with E-state index in [0.717, 1.165) is 17.6 Å². The maximum absolute atomic E-state index is 12.6. The Kier molecular flexibility index (Phi) is 5.45. The van der Waals surface area contributed by atoms with Gasteiger partial charge in [-0.3, -0.25) is 4.79 Å². The predicted octanol–water partition coefficient (Wildman–Crippen LogP) is 2.03. The lowest BCUT2D eigenvalue weighted by Crippen LogP contribution is -2.30. The number of aromatic amines is 1. The summed E-state index contributed by atoms with van der Waals surface area (Å²) >= 11 is 0. The Hall–Kier alpha value is -2.89. The van der Waals surface area contributed by atoms with E-state index in [0.29, 0.717) is 23.6 Å². The van der Waals surface area contributed by atoms with Crippen LogP contribution in [0, 0.1) is 13.8 Å². The van der Waals surface area contributed by atoms with E-state index >= 15 is 0 Å². The molecule has 1 aromatic heterocycles. The smallest absolute Gasteiger partial charge is 0.250 e. The molecule has 140 valence electrons. The number of para-hydroxylation sites is 1. The summed E-state index contributed by atoms with van der Waals surface area (Å²) in [7, 11) is 5.04. The first kappa shape index (κ1) is 18.9. The van der Waals surface area contributed by atoms with Crippen LogP contribution < -0.4 is 20.3 Å². The first-order valence-electron chi connectivity index (χ1n) is 9.03. The molecule has 3 aromatic rings. The Balaban J connectivity index is 1.74. The zero-order valence-corrected chi connectivity index (χ0v) is 16.5. The SMILES string of the molecule is Bc1cc(OC)c(OC)cc1C(=O)NCCc1c(C)[nH]c2c(C)cccc12. The Morgan fingerprint density at radius 3 is 2.56 bits per heavy atom. The highest BCUT2D eigenvalue weighted by molar-refractivity contribution is 6.36. The summed E-state index contributed by atoms with van der Waals surface area (Å²) in [6, 6.07) is 9.84. The van der Waals surface area contributed by atoms with Crippen molar-refractivity contribution in [3.8, 4) is 11.5 Å². The molecule has 0 atom stereocenters. The van der Waals surface area contributed by atoms with E-state index < -0.39 is 0 Å². The molecule has 0 spiro atoms. The fourth-order valence-corrected chi connectivity index (χ4v) is 3.49. The zero-order chi connectivity index (χ0) is 19.6. The number of carbonyl (C=O) groups excluding carboxylic acids is 1. The van der Waals surface area contributed by atoms with Gasteiger partial charge in [0, 0.05) is 28.7 Å². The summed E-state index contributed by atoms with van der Waals surface area (Å²) in [6.45, 7) is 4.74. The number of aryl methyl sites for hydroxylation is 2. The van der Waals surface area contributed by atoms with E-state index in [1.165, 1.54) is 22.0 Å². The number of benzene rings is 2. The van der Waals surface area contributed by atoms with Crippen molar-refractivity contribution in [3.05, 3.63) is 52.7 Å². The van der Waals surface area contributed by atoms with Crippen LogP contribution >= 0.6 is 0 Å². The van der Waals surface area contributed by atoms with Gasteiger partial charge in [0.05, 0.1) is 14.2 Å². The summed E-state index contributed by atoms with van der Waals surface area (Å²) in [5.41, 5.74) is 6.25. The number of hydrogen-bond acceptors (Lipinski definition) is 3. The van der Waals surface area contributed by atoms with Crippen LogP contribution in [-0.4, -0.2) is 39.5 Å². The quantitative estimate of drug-likeness (QED) is 0.658. The number of amides is 1. The van der Waals surface area contributed by atoms with Crippen LogP contribution in [0.5, 0.6) is 11.5 Å². The number of hydrogen-bond donors (Lipinski definition) is 2. The van der Waals surface area contributed by atoms with Crippen molar-refractivity contribution in [1.29, 1.82) is 0 Å². The summed E-state index contributed by atoms with van der Waals surface area (Å²) in [4.78, 5) is 16.1. The van der Waals surface area contributed by atoms with E-state index in [2.05, 4.69) is 42.3 Å². The molecule has 0 aliphatic heterocycles. The molecule has 0 aliphatic rings. The van der Waals surface area contributed by atoms with Gasteiger partial charge in [-0.2, -0.15) is 0 Å². The highest BCUT2D eigenvalue weighted by Crippen LogP contribution is 2.27. The van der Waals surface area contributed by atoms with Crippen LogP contribution in [0.15, 0.2) is 30.3 Å². The van der Waals surface area contributed by atoms with Crippen molar-refractivity contribution < 1.29 is 14.3 Å². The lowest BCUT2D eigenvalue weighted by atomic mass is 9.89. The molecule has 27 heavy (non-hydrogen) atoms. The minimum absolute atomic E-state index is 0.109. The van der Waals surface area contributed by atoms with Crippen LogP contribution in [0.4, 0.5) is 0 Å². The molecule has 0 bridgehead atoms. The molecule has 6 heteroatoms. The van der Waals surface area contributed by atoms with Crippen molar-refractivity contribution in [2.45, 2.75) is 20.3 Å². The van der Waals surface area contributed by atoms with Gasteiger partial charge in [-0.05, 0) is 43.5 Å². The molecule has 0 saturated carbocycles. The van der Waals surface area contributed by atoms with Gasteiger partial charge in [0.25, 0.3) is 5.91 Å². The molecule has 5 nitrogen and oxygen atoms in total. The molecule has 0 fully saturated rings. The molecular formula is C21H25BN2O3. The maximum atomic E-state index is 12.6. The number of fused-ring (bicyclic) bond motifs is 1. The van der Waals surface area contributed by atoms with Crippen LogP contribution in [0.25, 0.3) is 10.9 Å². The highest BCUT2D eigenvalue weighted by Gasteiger charge is 2.15. The molecule has 2 aromatic carbocycles. The third-order valence-electron chi connectivity index (χ3n) is 5.00. The maximum Gasteiger partial charge on any atom is 0.250 e. The molecule has 2 N–H and O–H groups in total. The Labute approximate surface area is 160 Å². The summed E-state index contributed by atoms with van der Waals surface area (Å²) in [5, 5.41) is 4.25. The molecule has 1 heterocycles. The molecule has 1 amide bonds. The number of ether oxygens (including phenoxy) is 2. The monoisotopic (exact) mass is 364 g/mol. The molecular weight excluding hydrogens is 339 g/mol. The average Bonchev–Trinajstić information content (AvgIpc) is 2.98. The molecule has 3 rings (SSSR count). The second-order valence-corrected chi connectivity index (χ2v) is 6.75. The van der Waals surface area contributed by atoms with Crippen LogP contribution in [0.3, 0.4) is 0 Å². The third-order valence-corrected chi connectivity index (χ3v) is 5.00. The van der Waals surface area contributed by atoms with Gasteiger partial charge in [-0.15, -0.1) is 0 Å². The lowest BCUT2D eigenvalue weighted by Gasteiger charge is -2.13. The predicted molar refractivity (Wildman–Crippen MR) is 112 cm³/mol. The van der Waals surface area contributed by atoms with Crippen molar-refractivity contribution in [1.82, 2.24) is 10.3 Å². The summed E-state index contributed by atoms with van der Waals surface area (Å²) in [6.07, 6.45) is 0.771. The van der Waals surface area contributed by atoms with Crippen molar-refractivity contribution >= 4 is 30.1 Å². The first-order valence-corrected chi connectivity index (χ1v) is 9.03. The van der Waals surface area contributed by atoms with Crippen LogP contribution in [0.1, 0.15) is 27.2 Å². The van der Waals surface area contributed by atoms with Gasteiger partial charge in [-0.1, -0.05) is 23.7 Å². The zero-order valence-electron chi connectivity index (χ0n) is 16.5. The minimum atomic E-state index is -0.109. The number of carbonyl (C=O) groups is 1. The normalized spacial score (nSPS) is 10.8. The van der Waals surface area contributed by atoms with Crippen LogP contribution in [-0.2, 0) is 6.42 Å². The van der Waals surface area contributed by atoms with Gasteiger partial charge in [0.15, 0.2) is 11.5 Å². The Bertz CT molecular complexity index is 995. The van der Waals surface area contributed by atoms with Crippen LogP contribution in [0.2, 0.25) is 0 Å². The molecule has 0 aliphatic carbocycles. The van der Waals surface area contributed by atoms with Gasteiger partial charge in [0.1, 0.15) is 7.85 Å². The van der Waals surface area contributed by atoms with E-state index in [1.807, 2.05) is 13.9 Å². The van der Waals surface area contributed by atoms with Gasteiger partial charge < -0.3 is 19.8 Å². The second-order valence-electron chi connectivity index (χ2n) is 6.75. The number of methoxy groups -OCH3 is 2. The highest BCUT2D eigenvalue weighted by atomic mass is 16.5. The molecule has 0 unspecified atom stereocenters. The average molecular weight is 364 g/mol. The first-order chi connectivity index (χ1) is 13.0. The van der Waals surface area contributed by atoms with E-state index in [4.69, 9.17) is 9.47 Å². The van der Waals surface area contributed by atoms with E-state index in [-0.39, 0.29) is 5.91 Å². The minimum Gasteiger partial charge on any atom is -0.493 e. The molecule has 0 radical (unpaired) electrons. The number of H-pyrrole nitrogens is 1. The summed E-state index contributed by atoms with van der Waals surface area (Å²) in [5.74, 6) is 1.06. The topological polar surface area (TPSA) is 63.4 Å². The number of aromatic nitrogens is 1. The number of rotatable bonds is 6. The summed E-state index contributed by atoms with van der Waals surface area (Å²) < 4.78 is 10.6. The second kappa shape index (κ2) is 7.78. The fourth-order valence-electron chi connectivity index (χ4n) is 3.49. The van der Waals surface area contributed by atoms with E-state index in [1.54, 1.807) is 20.3 Å².